The molecule has 0 aromatic heterocycles. The first-order valence-corrected chi connectivity index (χ1v) is 10.5. The van der Waals surface area contributed by atoms with Crippen LogP contribution in [0.25, 0.3) is 0 Å². The summed E-state index contributed by atoms with van der Waals surface area (Å²) in [6.45, 7) is 0.206. The molecule has 148 valence electrons. The third-order valence-electron chi connectivity index (χ3n) is 4.49. The summed E-state index contributed by atoms with van der Waals surface area (Å²) < 4.78 is 0. The van der Waals surface area contributed by atoms with Gasteiger partial charge in [0.1, 0.15) is 6.04 Å². The van der Waals surface area contributed by atoms with Gasteiger partial charge in [0.05, 0.1) is 12.6 Å². The van der Waals surface area contributed by atoms with Gasteiger partial charge in [-0.2, -0.15) is 11.8 Å². The van der Waals surface area contributed by atoms with Crippen molar-refractivity contribution in [3.8, 4) is 0 Å². The largest absolute Gasteiger partial charge is 0.394 e. The van der Waals surface area contributed by atoms with Crippen molar-refractivity contribution in [2.75, 3.05) is 25.2 Å². The van der Waals surface area contributed by atoms with Crippen molar-refractivity contribution in [3.63, 3.8) is 0 Å². The molecule has 7 nitrogen and oxygen atoms in total. The Morgan fingerprint density at radius 1 is 1.33 bits per heavy atom. The maximum absolute atomic E-state index is 12.4. The van der Waals surface area contributed by atoms with Crippen molar-refractivity contribution >= 4 is 29.6 Å². The number of nitrogens with zero attached hydrogens (tertiary/aromatic N) is 1. The van der Waals surface area contributed by atoms with E-state index in [2.05, 4.69) is 10.6 Å². The van der Waals surface area contributed by atoms with Crippen molar-refractivity contribution < 1.29 is 19.5 Å². The van der Waals surface area contributed by atoms with Crippen LogP contribution in [0.1, 0.15) is 24.8 Å². The lowest BCUT2D eigenvalue weighted by molar-refractivity contribution is -0.127. The van der Waals surface area contributed by atoms with Crippen LogP contribution in [-0.2, 0) is 16.0 Å². The highest BCUT2D eigenvalue weighted by Gasteiger charge is 2.37. The fourth-order valence-corrected chi connectivity index (χ4v) is 3.43. The standard InChI is InChI=1S/C19H27N3O4S/c1-27-12-10-15(13-23)20-17(24)8-7-16-18(25)22(19(26)21-16)11-9-14-5-3-2-4-6-14/h2-6,15-16,23H,7-13H2,1H3,(H,20,24)(H,21,26). The fraction of sp³-hybridized carbons (Fsp3) is 0.526. The number of nitrogens with one attached hydrogen (secondary N) is 2. The number of amides is 4. The molecule has 0 saturated carbocycles. The van der Waals surface area contributed by atoms with Crippen molar-refractivity contribution in [2.45, 2.75) is 37.8 Å². The van der Waals surface area contributed by atoms with Gasteiger partial charge in [-0.25, -0.2) is 4.79 Å². The second kappa shape index (κ2) is 10.9. The highest BCUT2D eigenvalue weighted by Crippen LogP contribution is 2.13. The van der Waals surface area contributed by atoms with Crippen LogP contribution in [0.4, 0.5) is 4.79 Å². The van der Waals surface area contributed by atoms with E-state index in [-0.39, 0.29) is 37.3 Å². The Hall–Kier alpha value is -2.06. The topological polar surface area (TPSA) is 98.7 Å². The zero-order chi connectivity index (χ0) is 19.6. The van der Waals surface area contributed by atoms with Crippen LogP contribution in [0, 0.1) is 0 Å². The molecule has 2 unspecified atom stereocenters. The summed E-state index contributed by atoms with van der Waals surface area (Å²) in [6.07, 6.45) is 3.63. The number of benzene rings is 1. The van der Waals surface area contributed by atoms with Gasteiger partial charge in [-0.05, 0) is 36.8 Å². The Bertz CT molecular complexity index is 641. The zero-order valence-electron chi connectivity index (χ0n) is 15.5. The van der Waals surface area contributed by atoms with Crippen LogP contribution >= 0.6 is 11.8 Å². The molecule has 1 saturated heterocycles. The summed E-state index contributed by atoms with van der Waals surface area (Å²) in [6, 6.07) is 8.31. The molecule has 1 aliphatic rings. The van der Waals surface area contributed by atoms with Crippen molar-refractivity contribution in [1.82, 2.24) is 15.5 Å². The number of hydrogen-bond donors (Lipinski definition) is 3. The fourth-order valence-electron chi connectivity index (χ4n) is 2.91. The van der Waals surface area contributed by atoms with Gasteiger partial charge in [-0.15, -0.1) is 0 Å². The predicted octanol–water partition coefficient (Wildman–Crippen LogP) is 1.16. The highest BCUT2D eigenvalue weighted by molar-refractivity contribution is 7.98. The maximum atomic E-state index is 12.4. The molecule has 0 radical (unpaired) electrons. The van der Waals surface area contributed by atoms with Gasteiger partial charge < -0.3 is 15.7 Å². The average molecular weight is 394 g/mol. The van der Waals surface area contributed by atoms with E-state index >= 15 is 0 Å². The smallest absolute Gasteiger partial charge is 0.324 e. The zero-order valence-corrected chi connectivity index (χ0v) is 16.3. The molecule has 1 aromatic carbocycles. The number of thioether (sulfide) groups is 1. The Balaban J connectivity index is 1.77. The van der Waals surface area contributed by atoms with Gasteiger partial charge in [0.25, 0.3) is 5.91 Å². The summed E-state index contributed by atoms with van der Waals surface area (Å²) >= 11 is 1.65. The number of aliphatic hydroxyl groups is 1. The normalized spacial score (nSPS) is 17.7. The number of imide groups is 1. The Labute approximate surface area is 163 Å². The second-order valence-corrected chi connectivity index (χ2v) is 7.48. The SMILES string of the molecule is CSCCC(CO)NC(=O)CCC1NC(=O)N(CCc2ccccc2)C1=O. The monoisotopic (exact) mass is 393 g/mol. The Morgan fingerprint density at radius 2 is 2.07 bits per heavy atom. The van der Waals surface area contributed by atoms with E-state index < -0.39 is 12.1 Å². The summed E-state index contributed by atoms with van der Waals surface area (Å²) in [5.41, 5.74) is 1.06. The minimum Gasteiger partial charge on any atom is -0.394 e. The van der Waals surface area contributed by atoms with Crippen molar-refractivity contribution in [1.29, 1.82) is 0 Å². The Morgan fingerprint density at radius 3 is 2.74 bits per heavy atom. The molecule has 1 heterocycles. The number of rotatable bonds is 11. The minimum absolute atomic E-state index is 0.112. The van der Waals surface area contributed by atoms with Crippen LogP contribution < -0.4 is 10.6 Å². The van der Waals surface area contributed by atoms with Gasteiger partial charge >= 0.3 is 6.03 Å². The Kier molecular flexibility index (Phi) is 8.60. The number of carbonyl (C=O) groups is 3. The van der Waals surface area contributed by atoms with E-state index in [4.69, 9.17) is 0 Å². The molecule has 3 N–H and O–H groups in total. The quantitative estimate of drug-likeness (QED) is 0.490. The number of hydrogen-bond acceptors (Lipinski definition) is 5. The first kappa shape index (κ1) is 21.2. The van der Waals surface area contributed by atoms with Crippen LogP contribution in [0.3, 0.4) is 0 Å². The third kappa shape index (κ3) is 6.55. The van der Waals surface area contributed by atoms with E-state index in [1.54, 1.807) is 11.8 Å². The molecule has 4 amide bonds. The molecular weight excluding hydrogens is 366 g/mol. The first-order chi connectivity index (χ1) is 13.0. The lowest BCUT2D eigenvalue weighted by Crippen LogP contribution is -2.39. The highest BCUT2D eigenvalue weighted by atomic mass is 32.2. The molecule has 0 spiro atoms. The molecule has 1 aliphatic heterocycles. The number of aliphatic hydroxyl groups excluding tert-OH is 1. The molecule has 2 rings (SSSR count). The third-order valence-corrected chi connectivity index (χ3v) is 5.13. The second-order valence-electron chi connectivity index (χ2n) is 6.49. The molecule has 1 fully saturated rings. The van der Waals surface area contributed by atoms with Gasteiger partial charge in [0, 0.05) is 13.0 Å². The van der Waals surface area contributed by atoms with E-state index in [1.807, 2.05) is 36.6 Å². The minimum atomic E-state index is -0.669. The lowest BCUT2D eigenvalue weighted by atomic mass is 10.1. The van der Waals surface area contributed by atoms with E-state index in [0.717, 1.165) is 11.3 Å². The van der Waals surface area contributed by atoms with Gasteiger partial charge in [-0.1, -0.05) is 30.3 Å². The molecular formula is C19H27N3O4S. The van der Waals surface area contributed by atoms with Crippen molar-refractivity contribution in [2.24, 2.45) is 0 Å². The van der Waals surface area contributed by atoms with E-state index in [0.29, 0.717) is 19.4 Å². The molecule has 1 aromatic rings. The van der Waals surface area contributed by atoms with E-state index in [1.165, 1.54) is 4.90 Å². The number of urea groups is 1. The summed E-state index contributed by atoms with van der Waals surface area (Å²) in [5, 5.41) is 14.7. The van der Waals surface area contributed by atoms with Gasteiger partial charge in [0.15, 0.2) is 0 Å². The summed E-state index contributed by atoms with van der Waals surface area (Å²) in [4.78, 5) is 37.8. The van der Waals surface area contributed by atoms with Crippen molar-refractivity contribution in [3.05, 3.63) is 35.9 Å². The molecule has 8 heteroatoms. The molecule has 27 heavy (non-hydrogen) atoms. The van der Waals surface area contributed by atoms with Crippen LogP contribution in [-0.4, -0.2) is 65.1 Å². The molecule has 0 bridgehead atoms. The van der Waals surface area contributed by atoms with Crippen LogP contribution in [0.15, 0.2) is 30.3 Å². The van der Waals surface area contributed by atoms with Crippen LogP contribution in [0.5, 0.6) is 0 Å². The number of carbonyl (C=O) groups excluding carboxylic acids is 3. The van der Waals surface area contributed by atoms with Gasteiger partial charge in [-0.3, -0.25) is 14.5 Å². The first-order valence-electron chi connectivity index (χ1n) is 9.10. The van der Waals surface area contributed by atoms with Gasteiger partial charge in [0.2, 0.25) is 5.91 Å². The average Bonchev–Trinajstić information content (AvgIpc) is 2.95. The molecule has 2 atom stereocenters. The predicted molar refractivity (Wildman–Crippen MR) is 105 cm³/mol. The van der Waals surface area contributed by atoms with Crippen LogP contribution in [0.2, 0.25) is 0 Å². The van der Waals surface area contributed by atoms with E-state index in [9.17, 15) is 19.5 Å². The summed E-state index contributed by atoms with van der Waals surface area (Å²) in [7, 11) is 0. The summed E-state index contributed by atoms with van der Waals surface area (Å²) in [5.74, 6) is 0.337. The maximum Gasteiger partial charge on any atom is 0.324 e. The lowest BCUT2D eigenvalue weighted by Gasteiger charge is -2.16. The molecule has 0 aliphatic carbocycles.